The lowest BCUT2D eigenvalue weighted by Crippen LogP contribution is -2.17. The number of hydrogen-bond donors (Lipinski definition) is 1. The molecule has 0 spiro atoms. The van der Waals surface area contributed by atoms with Gasteiger partial charge in [0.1, 0.15) is 0 Å². The van der Waals surface area contributed by atoms with E-state index in [0.29, 0.717) is 0 Å². The van der Waals surface area contributed by atoms with Crippen LogP contribution in [-0.2, 0) is 6.42 Å². The van der Waals surface area contributed by atoms with Crippen LogP contribution in [0.2, 0.25) is 0 Å². The van der Waals surface area contributed by atoms with Crippen LogP contribution in [0.5, 0.6) is 0 Å². The first kappa shape index (κ1) is 15.9. The van der Waals surface area contributed by atoms with Gasteiger partial charge in [0.15, 0.2) is 0 Å². The summed E-state index contributed by atoms with van der Waals surface area (Å²) in [5, 5.41) is 3.85. The first-order valence-electron chi connectivity index (χ1n) is 9.48. The molecule has 1 aliphatic heterocycles. The number of fused-ring (bicyclic) bond motifs is 5. The molecule has 27 heavy (non-hydrogen) atoms. The van der Waals surface area contributed by atoms with Crippen molar-refractivity contribution in [1.82, 2.24) is 0 Å². The van der Waals surface area contributed by atoms with Gasteiger partial charge in [-0.15, -0.1) is 0 Å². The summed E-state index contributed by atoms with van der Waals surface area (Å²) in [4.78, 5) is 0. The molecule has 0 amide bonds. The maximum Gasteiger partial charge on any atom is 0.0560 e. The Labute approximate surface area is 160 Å². The van der Waals surface area contributed by atoms with Gasteiger partial charge in [0.05, 0.1) is 6.04 Å². The first-order chi connectivity index (χ1) is 13.4. The monoisotopic (exact) mass is 347 g/mol. The molecule has 0 aromatic heterocycles. The van der Waals surface area contributed by atoms with E-state index in [0.717, 1.165) is 6.42 Å². The summed E-state index contributed by atoms with van der Waals surface area (Å²) in [6.07, 6.45) is 0.953. The van der Waals surface area contributed by atoms with Crippen molar-refractivity contribution in [3.8, 4) is 22.3 Å². The summed E-state index contributed by atoms with van der Waals surface area (Å²) < 4.78 is 0. The van der Waals surface area contributed by atoms with Gasteiger partial charge < -0.3 is 5.32 Å². The third-order valence-corrected chi connectivity index (χ3v) is 5.38. The standard InChI is InChI=1S/C26H21N/c1-2-10-19(11-3-1)18-26-24-16-7-6-14-22(24)20-12-4-5-13-21(20)23-15-8-9-17-25(23)27-26/h1-17,26-27H,18H2/t26-/m1/s1. The lowest BCUT2D eigenvalue weighted by atomic mass is 9.85. The summed E-state index contributed by atoms with van der Waals surface area (Å²) in [5.74, 6) is 0. The second kappa shape index (κ2) is 6.77. The van der Waals surface area contributed by atoms with E-state index in [1.54, 1.807) is 0 Å². The molecule has 1 heteroatoms. The lowest BCUT2D eigenvalue weighted by molar-refractivity contribution is 0.777. The highest BCUT2D eigenvalue weighted by atomic mass is 14.9. The number of rotatable bonds is 2. The molecule has 1 aliphatic rings. The number of hydrogen-bond acceptors (Lipinski definition) is 1. The van der Waals surface area contributed by atoms with E-state index in [-0.39, 0.29) is 6.04 Å². The minimum atomic E-state index is 0.220. The van der Waals surface area contributed by atoms with Crippen molar-refractivity contribution in [2.75, 3.05) is 5.32 Å². The van der Waals surface area contributed by atoms with Crippen LogP contribution in [0.3, 0.4) is 0 Å². The molecule has 1 N–H and O–H groups in total. The van der Waals surface area contributed by atoms with Crippen LogP contribution in [0.25, 0.3) is 22.3 Å². The van der Waals surface area contributed by atoms with E-state index < -0.39 is 0 Å². The average Bonchev–Trinajstić information content (AvgIpc) is 2.73. The minimum absolute atomic E-state index is 0.220. The number of nitrogens with one attached hydrogen (secondary N) is 1. The Kier molecular flexibility index (Phi) is 3.99. The van der Waals surface area contributed by atoms with Gasteiger partial charge in [-0.25, -0.2) is 0 Å². The quantitative estimate of drug-likeness (QED) is 0.424. The van der Waals surface area contributed by atoms with Crippen LogP contribution < -0.4 is 5.32 Å². The summed E-state index contributed by atoms with van der Waals surface area (Å²) in [5.41, 5.74) is 9.06. The maximum atomic E-state index is 3.85. The molecule has 0 fully saturated rings. The molecule has 0 unspecified atom stereocenters. The summed E-state index contributed by atoms with van der Waals surface area (Å²) in [6, 6.07) is 37.1. The zero-order chi connectivity index (χ0) is 18.1. The van der Waals surface area contributed by atoms with Crippen molar-refractivity contribution in [2.24, 2.45) is 0 Å². The summed E-state index contributed by atoms with van der Waals surface area (Å²) in [7, 11) is 0. The van der Waals surface area contributed by atoms with Crippen LogP contribution in [0.15, 0.2) is 103 Å². The third kappa shape index (κ3) is 2.92. The van der Waals surface area contributed by atoms with Crippen molar-refractivity contribution < 1.29 is 0 Å². The molecule has 1 heterocycles. The fourth-order valence-electron chi connectivity index (χ4n) is 4.12. The van der Waals surface area contributed by atoms with Gasteiger partial charge in [-0.3, -0.25) is 0 Å². The molecule has 1 nitrogen and oxygen atoms in total. The molecule has 0 bridgehead atoms. The average molecular weight is 347 g/mol. The van der Waals surface area contributed by atoms with Gasteiger partial charge in [-0.05, 0) is 40.3 Å². The predicted octanol–water partition coefficient (Wildman–Crippen LogP) is 6.73. The van der Waals surface area contributed by atoms with E-state index in [1.807, 2.05) is 0 Å². The number of benzene rings is 4. The molecule has 4 aromatic carbocycles. The van der Waals surface area contributed by atoms with E-state index in [1.165, 1.54) is 39.1 Å². The van der Waals surface area contributed by atoms with Crippen molar-refractivity contribution >= 4 is 5.69 Å². The molecule has 0 saturated heterocycles. The van der Waals surface area contributed by atoms with E-state index >= 15 is 0 Å². The third-order valence-electron chi connectivity index (χ3n) is 5.38. The SMILES string of the molecule is c1ccc(C[C@H]2Nc3ccccc3-c3ccccc3-c3ccccc32)cc1. The van der Waals surface area contributed by atoms with Crippen molar-refractivity contribution in [2.45, 2.75) is 12.5 Å². The van der Waals surface area contributed by atoms with E-state index in [4.69, 9.17) is 0 Å². The van der Waals surface area contributed by atoms with Gasteiger partial charge in [-0.2, -0.15) is 0 Å². The Morgan fingerprint density at radius 2 is 1.07 bits per heavy atom. The maximum absolute atomic E-state index is 3.85. The summed E-state index contributed by atoms with van der Waals surface area (Å²) >= 11 is 0. The highest BCUT2D eigenvalue weighted by Gasteiger charge is 2.23. The van der Waals surface area contributed by atoms with Gasteiger partial charge in [0.25, 0.3) is 0 Å². The van der Waals surface area contributed by atoms with Crippen LogP contribution in [-0.4, -0.2) is 0 Å². The molecule has 0 radical (unpaired) electrons. The largest absolute Gasteiger partial charge is 0.377 e. The number of para-hydroxylation sites is 1. The second-order valence-corrected chi connectivity index (χ2v) is 7.07. The molecule has 5 rings (SSSR count). The zero-order valence-electron chi connectivity index (χ0n) is 15.1. The topological polar surface area (TPSA) is 12.0 Å². The van der Waals surface area contributed by atoms with Crippen LogP contribution in [0.1, 0.15) is 17.2 Å². The van der Waals surface area contributed by atoms with Crippen molar-refractivity contribution in [3.05, 3.63) is 114 Å². The highest BCUT2D eigenvalue weighted by molar-refractivity contribution is 5.91. The fourth-order valence-corrected chi connectivity index (χ4v) is 4.12. The van der Waals surface area contributed by atoms with Gasteiger partial charge in [0, 0.05) is 11.3 Å². The van der Waals surface area contributed by atoms with Crippen molar-refractivity contribution in [3.63, 3.8) is 0 Å². The van der Waals surface area contributed by atoms with Crippen molar-refractivity contribution in [1.29, 1.82) is 0 Å². The normalized spacial score (nSPS) is 14.7. The molecule has 1 atom stereocenters. The van der Waals surface area contributed by atoms with E-state index in [9.17, 15) is 0 Å². The second-order valence-electron chi connectivity index (χ2n) is 7.07. The van der Waals surface area contributed by atoms with E-state index in [2.05, 4.69) is 108 Å². The zero-order valence-corrected chi connectivity index (χ0v) is 15.1. The lowest BCUT2D eigenvalue weighted by Gasteiger charge is -2.28. The fraction of sp³-hybridized carbons (Fsp3) is 0.0769. The molecule has 0 aliphatic carbocycles. The Morgan fingerprint density at radius 3 is 1.85 bits per heavy atom. The molecular weight excluding hydrogens is 326 g/mol. The minimum Gasteiger partial charge on any atom is -0.377 e. The van der Waals surface area contributed by atoms with Gasteiger partial charge in [-0.1, -0.05) is 97.1 Å². The summed E-state index contributed by atoms with van der Waals surface area (Å²) in [6.45, 7) is 0. The smallest absolute Gasteiger partial charge is 0.0560 e. The Bertz CT molecular complexity index is 1080. The van der Waals surface area contributed by atoms with Gasteiger partial charge in [0.2, 0.25) is 0 Å². The predicted molar refractivity (Wildman–Crippen MR) is 114 cm³/mol. The Morgan fingerprint density at radius 1 is 0.519 bits per heavy atom. The molecular formula is C26H21N. The number of anilines is 1. The molecule has 130 valence electrons. The van der Waals surface area contributed by atoms with Gasteiger partial charge >= 0.3 is 0 Å². The molecule has 0 saturated carbocycles. The Balaban J connectivity index is 1.73. The molecule has 4 aromatic rings. The Hall–Kier alpha value is -3.32. The van der Waals surface area contributed by atoms with Crippen LogP contribution in [0.4, 0.5) is 5.69 Å². The highest BCUT2D eigenvalue weighted by Crippen LogP contribution is 2.43. The van der Waals surface area contributed by atoms with Crippen LogP contribution >= 0.6 is 0 Å². The van der Waals surface area contributed by atoms with Crippen LogP contribution in [0, 0.1) is 0 Å². The first-order valence-corrected chi connectivity index (χ1v) is 9.48.